The number of fused-ring (bicyclic) bond motifs is 1. The van der Waals surface area contributed by atoms with E-state index in [1.54, 1.807) is 0 Å². The number of rotatable bonds is 4. The molecule has 3 nitrogen and oxygen atoms in total. The number of phenolic OH excluding ortho intramolecular Hbond substituents is 1. The Morgan fingerprint density at radius 1 is 0.842 bits per heavy atom. The molecule has 0 amide bonds. The quantitative estimate of drug-likeness (QED) is 0.913. The molecule has 0 radical (unpaired) electrons. The van der Waals surface area contributed by atoms with Crippen LogP contribution < -0.4 is 0 Å². The number of aromatic hydroxyl groups is 1. The molecule has 0 bridgehead atoms. The molecular formula is C16H22N2O. The first-order valence-corrected chi connectivity index (χ1v) is 6.51. The van der Waals surface area contributed by atoms with Crippen molar-refractivity contribution in [2.45, 2.75) is 13.1 Å². The summed E-state index contributed by atoms with van der Waals surface area (Å²) in [6.07, 6.45) is 0. The molecule has 0 aromatic heterocycles. The highest BCUT2D eigenvalue weighted by Crippen LogP contribution is 2.32. The van der Waals surface area contributed by atoms with Crippen molar-refractivity contribution in [1.29, 1.82) is 0 Å². The molecule has 2 aromatic carbocycles. The van der Waals surface area contributed by atoms with E-state index in [0.29, 0.717) is 5.75 Å². The van der Waals surface area contributed by atoms with Crippen LogP contribution in [0.15, 0.2) is 30.3 Å². The van der Waals surface area contributed by atoms with Gasteiger partial charge in [-0.15, -0.1) is 0 Å². The van der Waals surface area contributed by atoms with Crippen molar-refractivity contribution in [2.75, 3.05) is 28.2 Å². The Balaban J connectivity index is 2.61. The van der Waals surface area contributed by atoms with Crippen molar-refractivity contribution in [3.05, 3.63) is 41.5 Å². The third-order valence-corrected chi connectivity index (χ3v) is 3.15. The van der Waals surface area contributed by atoms with Crippen LogP contribution in [0.25, 0.3) is 10.8 Å². The standard InChI is InChI=1S/C16H22N2O/c1-17(2)10-12-9-13(11-18(3)4)16(19)15-8-6-5-7-14(12)15/h5-9,19H,10-11H2,1-4H3. The summed E-state index contributed by atoms with van der Waals surface area (Å²) in [7, 11) is 8.15. The fourth-order valence-electron chi connectivity index (χ4n) is 2.43. The third-order valence-electron chi connectivity index (χ3n) is 3.15. The van der Waals surface area contributed by atoms with E-state index < -0.39 is 0 Å². The first-order valence-electron chi connectivity index (χ1n) is 6.51. The van der Waals surface area contributed by atoms with E-state index in [-0.39, 0.29) is 0 Å². The summed E-state index contributed by atoms with van der Waals surface area (Å²) in [5, 5.41) is 12.5. The Kier molecular flexibility index (Phi) is 4.08. The highest BCUT2D eigenvalue weighted by atomic mass is 16.3. The van der Waals surface area contributed by atoms with Crippen LogP contribution in [0.5, 0.6) is 5.75 Å². The van der Waals surface area contributed by atoms with Crippen LogP contribution in [-0.2, 0) is 13.1 Å². The van der Waals surface area contributed by atoms with Gasteiger partial charge in [-0.3, -0.25) is 0 Å². The fraction of sp³-hybridized carbons (Fsp3) is 0.375. The van der Waals surface area contributed by atoms with Crippen molar-refractivity contribution < 1.29 is 5.11 Å². The maximum absolute atomic E-state index is 10.4. The van der Waals surface area contributed by atoms with Gasteiger partial charge < -0.3 is 14.9 Å². The van der Waals surface area contributed by atoms with Crippen LogP contribution in [-0.4, -0.2) is 43.1 Å². The van der Waals surface area contributed by atoms with Crippen molar-refractivity contribution in [3.63, 3.8) is 0 Å². The molecule has 3 heteroatoms. The molecule has 0 saturated carbocycles. The molecule has 0 aliphatic rings. The van der Waals surface area contributed by atoms with Gasteiger partial charge in [0.2, 0.25) is 0 Å². The van der Waals surface area contributed by atoms with Gasteiger partial charge >= 0.3 is 0 Å². The van der Waals surface area contributed by atoms with Crippen molar-refractivity contribution in [3.8, 4) is 5.75 Å². The summed E-state index contributed by atoms with van der Waals surface area (Å²) in [5.41, 5.74) is 2.25. The Morgan fingerprint density at radius 2 is 1.37 bits per heavy atom. The zero-order valence-corrected chi connectivity index (χ0v) is 12.1. The smallest absolute Gasteiger partial charge is 0.127 e. The van der Waals surface area contributed by atoms with Crippen LogP contribution in [0.2, 0.25) is 0 Å². The lowest BCUT2D eigenvalue weighted by atomic mass is 9.99. The average molecular weight is 258 g/mol. The van der Waals surface area contributed by atoms with E-state index in [1.807, 2.05) is 32.3 Å². The largest absolute Gasteiger partial charge is 0.507 e. The molecule has 0 aliphatic heterocycles. The predicted octanol–water partition coefficient (Wildman–Crippen LogP) is 2.67. The number of hydrogen-bond donors (Lipinski definition) is 1. The van der Waals surface area contributed by atoms with Crippen LogP contribution in [0, 0.1) is 0 Å². The van der Waals surface area contributed by atoms with Crippen molar-refractivity contribution in [2.24, 2.45) is 0 Å². The second-order valence-electron chi connectivity index (χ2n) is 5.56. The van der Waals surface area contributed by atoms with Crippen LogP contribution in [0.4, 0.5) is 0 Å². The molecule has 19 heavy (non-hydrogen) atoms. The average Bonchev–Trinajstić information content (AvgIpc) is 2.34. The number of hydrogen-bond acceptors (Lipinski definition) is 3. The molecule has 0 unspecified atom stereocenters. The summed E-state index contributed by atoms with van der Waals surface area (Å²) in [4.78, 5) is 4.22. The molecule has 2 aromatic rings. The molecule has 102 valence electrons. The summed E-state index contributed by atoms with van der Waals surface area (Å²) in [6, 6.07) is 10.2. The van der Waals surface area contributed by atoms with Gasteiger partial charge in [0.15, 0.2) is 0 Å². The van der Waals surface area contributed by atoms with Gasteiger partial charge in [0, 0.05) is 24.0 Å². The van der Waals surface area contributed by atoms with E-state index in [4.69, 9.17) is 0 Å². The Labute approximate surface area is 115 Å². The number of benzene rings is 2. The van der Waals surface area contributed by atoms with Crippen molar-refractivity contribution in [1.82, 2.24) is 9.80 Å². The minimum Gasteiger partial charge on any atom is -0.507 e. The Hall–Kier alpha value is -1.58. The van der Waals surface area contributed by atoms with Gasteiger partial charge in [0.05, 0.1) is 0 Å². The summed E-state index contributed by atoms with van der Waals surface area (Å²) < 4.78 is 0. The minimum absolute atomic E-state index is 0.409. The number of nitrogens with zero attached hydrogens (tertiary/aromatic N) is 2. The van der Waals surface area contributed by atoms with Crippen LogP contribution in [0.1, 0.15) is 11.1 Å². The molecule has 0 heterocycles. The predicted molar refractivity (Wildman–Crippen MR) is 80.4 cm³/mol. The van der Waals surface area contributed by atoms with E-state index in [0.717, 1.165) is 29.4 Å². The molecule has 0 spiro atoms. The lowest BCUT2D eigenvalue weighted by Gasteiger charge is -2.18. The van der Waals surface area contributed by atoms with Gasteiger partial charge in [0.1, 0.15) is 5.75 Å². The highest BCUT2D eigenvalue weighted by Gasteiger charge is 2.12. The molecule has 1 N–H and O–H groups in total. The lowest BCUT2D eigenvalue weighted by Crippen LogP contribution is -2.14. The first kappa shape index (κ1) is 13.8. The zero-order valence-electron chi connectivity index (χ0n) is 12.1. The topological polar surface area (TPSA) is 26.7 Å². The Bertz CT molecular complexity index is 576. The monoisotopic (exact) mass is 258 g/mol. The summed E-state index contributed by atoms with van der Waals surface area (Å²) >= 11 is 0. The normalized spacial score (nSPS) is 11.7. The van der Waals surface area contributed by atoms with E-state index in [2.05, 4.69) is 36.0 Å². The molecular weight excluding hydrogens is 236 g/mol. The second-order valence-corrected chi connectivity index (χ2v) is 5.56. The van der Waals surface area contributed by atoms with Crippen LogP contribution >= 0.6 is 0 Å². The van der Waals surface area contributed by atoms with E-state index in [1.165, 1.54) is 5.56 Å². The van der Waals surface area contributed by atoms with Crippen molar-refractivity contribution >= 4 is 10.8 Å². The van der Waals surface area contributed by atoms with E-state index >= 15 is 0 Å². The SMILES string of the molecule is CN(C)Cc1cc(CN(C)C)c2ccccc2c1O. The summed E-state index contributed by atoms with van der Waals surface area (Å²) in [6.45, 7) is 1.62. The molecule has 0 saturated heterocycles. The molecule has 0 fully saturated rings. The molecule has 0 aliphatic carbocycles. The minimum atomic E-state index is 0.409. The maximum Gasteiger partial charge on any atom is 0.127 e. The van der Waals surface area contributed by atoms with Gasteiger partial charge in [-0.2, -0.15) is 0 Å². The Morgan fingerprint density at radius 3 is 1.95 bits per heavy atom. The fourth-order valence-corrected chi connectivity index (χ4v) is 2.43. The molecule has 0 atom stereocenters. The first-order chi connectivity index (χ1) is 8.99. The van der Waals surface area contributed by atoms with Gasteiger partial charge in [-0.25, -0.2) is 0 Å². The maximum atomic E-state index is 10.4. The van der Waals surface area contributed by atoms with Gasteiger partial charge in [-0.1, -0.05) is 24.3 Å². The van der Waals surface area contributed by atoms with Gasteiger partial charge in [0.25, 0.3) is 0 Å². The third kappa shape index (κ3) is 3.06. The molecule has 2 rings (SSSR count). The zero-order chi connectivity index (χ0) is 14.0. The second kappa shape index (κ2) is 5.59. The lowest BCUT2D eigenvalue weighted by molar-refractivity contribution is 0.384. The highest BCUT2D eigenvalue weighted by molar-refractivity contribution is 5.92. The summed E-state index contributed by atoms with van der Waals surface area (Å²) in [5.74, 6) is 0.409. The number of phenols is 1. The van der Waals surface area contributed by atoms with Gasteiger partial charge in [-0.05, 0) is 45.2 Å². The van der Waals surface area contributed by atoms with Crippen LogP contribution in [0.3, 0.4) is 0 Å². The van der Waals surface area contributed by atoms with E-state index in [9.17, 15) is 5.11 Å².